The molecule has 0 saturated carbocycles. The maximum Gasteiger partial charge on any atom is 0.265 e. The van der Waals surface area contributed by atoms with Crippen LogP contribution in [0, 0.1) is 0 Å². The molecule has 0 radical (unpaired) electrons. The summed E-state index contributed by atoms with van der Waals surface area (Å²) in [4.78, 5) is 30.4. The van der Waals surface area contributed by atoms with Crippen molar-refractivity contribution in [3.8, 4) is 0 Å². The van der Waals surface area contributed by atoms with Crippen LogP contribution in [0.25, 0.3) is 11.0 Å². The molecular weight excluding hydrogens is 454 g/mol. The summed E-state index contributed by atoms with van der Waals surface area (Å²) in [7, 11) is 0. The van der Waals surface area contributed by atoms with Gasteiger partial charge in [-0.25, -0.2) is 4.98 Å². The van der Waals surface area contributed by atoms with Crippen LogP contribution in [0.3, 0.4) is 0 Å². The number of carbonyl (C=O) groups excluding carboxylic acids is 1. The van der Waals surface area contributed by atoms with E-state index in [1.807, 2.05) is 30.3 Å². The zero-order valence-electron chi connectivity index (χ0n) is 15.1. The zero-order chi connectivity index (χ0) is 20.4. The third kappa shape index (κ3) is 4.23. The van der Waals surface area contributed by atoms with Gasteiger partial charge in [-0.3, -0.25) is 14.2 Å². The monoisotopic (exact) mass is 467 g/mol. The van der Waals surface area contributed by atoms with Crippen molar-refractivity contribution in [2.75, 3.05) is 5.32 Å². The van der Waals surface area contributed by atoms with Gasteiger partial charge in [0, 0.05) is 26.8 Å². The molecule has 1 N–H and O–H groups in total. The number of pyridine rings is 2. The van der Waals surface area contributed by atoms with Crippen molar-refractivity contribution in [3.63, 3.8) is 0 Å². The standard InChI is InChI=1S/C22H15BrClN3O2/c23-16-5-9-18(10-6-16)26-21(28)19-12-15-2-1-11-25-20(15)27(22(19)29)13-14-3-7-17(24)8-4-14/h1-12H,13H2,(H,26,28). The Bertz CT molecular complexity index is 1250. The number of benzene rings is 2. The number of hydrogen-bond donors (Lipinski definition) is 1. The molecule has 29 heavy (non-hydrogen) atoms. The summed E-state index contributed by atoms with van der Waals surface area (Å²) < 4.78 is 2.41. The van der Waals surface area contributed by atoms with Gasteiger partial charge in [0.15, 0.2) is 0 Å². The fourth-order valence-corrected chi connectivity index (χ4v) is 3.41. The number of nitrogens with zero attached hydrogens (tertiary/aromatic N) is 2. The van der Waals surface area contributed by atoms with Crippen LogP contribution in [0.4, 0.5) is 5.69 Å². The van der Waals surface area contributed by atoms with E-state index >= 15 is 0 Å². The molecule has 0 bridgehead atoms. The van der Waals surface area contributed by atoms with Gasteiger partial charge in [-0.2, -0.15) is 0 Å². The second kappa shape index (κ2) is 8.19. The number of anilines is 1. The van der Waals surface area contributed by atoms with E-state index < -0.39 is 11.5 Å². The Hall–Kier alpha value is -2.96. The number of rotatable bonds is 4. The summed E-state index contributed by atoms with van der Waals surface area (Å²) in [6, 6.07) is 19.6. The normalized spacial score (nSPS) is 10.8. The van der Waals surface area contributed by atoms with Crippen molar-refractivity contribution in [2.45, 2.75) is 6.54 Å². The lowest BCUT2D eigenvalue weighted by atomic mass is 10.1. The fourth-order valence-electron chi connectivity index (χ4n) is 3.02. The molecule has 144 valence electrons. The summed E-state index contributed by atoms with van der Waals surface area (Å²) in [5.41, 5.74) is 1.66. The number of nitrogens with one attached hydrogen (secondary N) is 1. The zero-order valence-corrected chi connectivity index (χ0v) is 17.4. The van der Waals surface area contributed by atoms with Crippen LogP contribution in [0.5, 0.6) is 0 Å². The molecule has 7 heteroatoms. The van der Waals surface area contributed by atoms with Crippen molar-refractivity contribution in [3.05, 3.63) is 104 Å². The Labute approximate surface area is 180 Å². The largest absolute Gasteiger partial charge is 0.322 e. The quantitative estimate of drug-likeness (QED) is 0.452. The van der Waals surface area contributed by atoms with Gasteiger partial charge in [0.2, 0.25) is 0 Å². The number of aromatic nitrogens is 2. The van der Waals surface area contributed by atoms with Crippen molar-refractivity contribution in [2.24, 2.45) is 0 Å². The number of carbonyl (C=O) groups is 1. The molecule has 0 aliphatic carbocycles. The van der Waals surface area contributed by atoms with Gasteiger partial charge in [0.1, 0.15) is 11.2 Å². The van der Waals surface area contributed by atoms with Crippen LogP contribution in [0.15, 0.2) is 82.2 Å². The molecule has 0 unspecified atom stereocenters. The summed E-state index contributed by atoms with van der Waals surface area (Å²) >= 11 is 9.32. The van der Waals surface area contributed by atoms with E-state index in [9.17, 15) is 9.59 Å². The minimum Gasteiger partial charge on any atom is -0.322 e. The molecule has 2 aromatic carbocycles. The molecule has 0 aliphatic heterocycles. The van der Waals surface area contributed by atoms with E-state index in [4.69, 9.17) is 11.6 Å². The first kappa shape index (κ1) is 19.4. The molecule has 0 saturated heterocycles. The predicted octanol–water partition coefficient (Wildman–Crippen LogP) is 5.11. The van der Waals surface area contributed by atoms with E-state index in [2.05, 4.69) is 26.2 Å². The molecule has 0 fully saturated rings. The second-order valence-corrected chi connectivity index (χ2v) is 7.81. The Kier molecular flexibility index (Phi) is 5.47. The lowest BCUT2D eigenvalue weighted by Gasteiger charge is -2.12. The minimum absolute atomic E-state index is 0.0578. The van der Waals surface area contributed by atoms with E-state index in [0.717, 1.165) is 10.0 Å². The Balaban J connectivity index is 1.77. The number of amides is 1. The van der Waals surface area contributed by atoms with Crippen molar-refractivity contribution in [1.82, 2.24) is 9.55 Å². The number of halogens is 2. The summed E-state index contributed by atoms with van der Waals surface area (Å²) in [6.45, 7) is 0.281. The second-order valence-electron chi connectivity index (χ2n) is 6.45. The fraction of sp³-hybridized carbons (Fsp3) is 0.0455. The molecule has 4 rings (SSSR count). The van der Waals surface area contributed by atoms with Crippen LogP contribution in [0.2, 0.25) is 5.02 Å². The number of hydrogen-bond acceptors (Lipinski definition) is 3. The van der Waals surface area contributed by atoms with Gasteiger partial charge in [-0.1, -0.05) is 39.7 Å². The molecular formula is C22H15BrClN3O2. The first-order valence-electron chi connectivity index (χ1n) is 8.81. The molecule has 0 atom stereocenters. The number of fused-ring (bicyclic) bond motifs is 1. The predicted molar refractivity (Wildman–Crippen MR) is 119 cm³/mol. The van der Waals surface area contributed by atoms with Crippen LogP contribution in [0.1, 0.15) is 15.9 Å². The highest BCUT2D eigenvalue weighted by molar-refractivity contribution is 9.10. The smallest absolute Gasteiger partial charge is 0.265 e. The van der Waals surface area contributed by atoms with Gasteiger partial charge < -0.3 is 5.32 Å². The van der Waals surface area contributed by atoms with Crippen LogP contribution < -0.4 is 10.9 Å². The molecule has 5 nitrogen and oxygen atoms in total. The van der Waals surface area contributed by atoms with E-state index in [0.29, 0.717) is 21.7 Å². The van der Waals surface area contributed by atoms with E-state index in [-0.39, 0.29) is 12.1 Å². The third-order valence-electron chi connectivity index (χ3n) is 4.45. The van der Waals surface area contributed by atoms with Gasteiger partial charge in [-0.15, -0.1) is 0 Å². The first-order chi connectivity index (χ1) is 14.0. The third-order valence-corrected chi connectivity index (χ3v) is 5.23. The van der Waals surface area contributed by atoms with Crippen LogP contribution >= 0.6 is 27.5 Å². The first-order valence-corrected chi connectivity index (χ1v) is 9.98. The average Bonchev–Trinajstić information content (AvgIpc) is 2.73. The van der Waals surface area contributed by atoms with Crippen LogP contribution in [-0.2, 0) is 6.54 Å². The van der Waals surface area contributed by atoms with E-state index in [1.165, 1.54) is 4.57 Å². The topological polar surface area (TPSA) is 64.0 Å². The van der Waals surface area contributed by atoms with Gasteiger partial charge in [-0.05, 0) is 60.2 Å². The van der Waals surface area contributed by atoms with Gasteiger partial charge in [0.05, 0.1) is 6.54 Å². The highest BCUT2D eigenvalue weighted by Gasteiger charge is 2.17. The summed E-state index contributed by atoms with van der Waals surface area (Å²) in [6.07, 6.45) is 1.63. The van der Waals surface area contributed by atoms with Crippen molar-refractivity contribution < 1.29 is 4.79 Å². The maximum absolute atomic E-state index is 13.2. The minimum atomic E-state index is -0.465. The van der Waals surface area contributed by atoms with Gasteiger partial charge >= 0.3 is 0 Å². The molecule has 0 aliphatic rings. The molecule has 2 aromatic heterocycles. The van der Waals surface area contributed by atoms with Crippen molar-refractivity contribution in [1.29, 1.82) is 0 Å². The Morgan fingerprint density at radius 3 is 2.52 bits per heavy atom. The lowest BCUT2D eigenvalue weighted by Crippen LogP contribution is -2.30. The average molecular weight is 469 g/mol. The van der Waals surface area contributed by atoms with Crippen LogP contribution in [-0.4, -0.2) is 15.5 Å². The summed E-state index contributed by atoms with van der Waals surface area (Å²) in [5, 5.41) is 4.11. The molecule has 1 amide bonds. The molecule has 2 heterocycles. The highest BCUT2D eigenvalue weighted by Crippen LogP contribution is 2.17. The van der Waals surface area contributed by atoms with E-state index in [1.54, 1.807) is 42.6 Å². The maximum atomic E-state index is 13.2. The molecule has 4 aromatic rings. The van der Waals surface area contributed by atoms with Gasteiger partial charge in [0.25, 0.3) is 11.5 Å². The van der Waals surface area contributed by atoms with Crippen molar-refractivity contribution >= 4 is 50.2 Å². The SMILES string of the molecule is O=C(Nc1ccc(Br)cc1)c1cc2cccnc2n(Cc2ccc(Cl)cc2)c1=O. The Morgan fingerprint density at radius 2 is 1.79 bits per heavy atom. The highest BCUT2D eigenvalue weighted by atomic mass is 79.9. The summed E-state index contributed by atoms with van der Waals surface area (Å²) in [5.74, 6) is -0.465. The Morgan fingerprint density at radius 1 is 1.07 bits per heavy atom. The molecule has 0 spiro atoms. The lowest BCUT2D eigenvalue weighted by molar-refractivity contribution is 0.102.